The number of benzene rings is 1. The molecule has 10 heteroatoms. The van der Waals surface area contributed by atoms with Crippen LogP contribution in [0.5, 0.6) is 0 Å². The lowest BCUT2D eigenvalue weighted by atomic mass is 10.3. The molecule has 0 atom stereocenters. The number of sulfonamides is 1. The van der Waals surface area contributed by atoms with Gasteiger partial charge in [-0.15, -0.1) is 0 Å². The van der Waals surface area contributed by atoms with Gasteiger partial charge in [0.2, 0.25) is 10.0 Å². The van der Waals surface area contributed by atoms with Crippen LogP contribution in [0.1, 0.15) is 13.8 Å². The molecule has 2 heterocycles. The number of fused-ring (bicyclic) bond motifs is 1. The quantitative estimate of drug-likeness (QED) is 0.814. The molecule has 8 nitrogen and oxygen atoms in total. The van der Waals surface area contributed by atoms with Gasteiger partial charge in [-0.25, -0.2) is 18.2 Å². The molecule has 3 rings (SSSR count). The van der Waals surface area contributed by atoms with Gasteiger partial charge in [0.05, 0.1) is 15.1 Å². The summed E-state index contributed by atoms with van der Waals surface area (Å²) in [6.07, 6.45) is 0. The van der Waals surface area contributed by atoms with Crippen molar-refractivity contribution in [2.75, 3.05) is 51.6 Å². The molecule has 0 spiro atoms. The second-order valence-corrected chi connectivity index (χ2v) is 9.43. The number of hydrogen-bond acceptors (Lipinski definition) is 6. The molecular weight excluding hydrogens is 386 g/mol. The van der Waals surface area contributed by atoms with Gasteiger partial charge in [0.25, 0.3) is 0 Å². The number of carbonyl (C=O) groups is 1. The zero-order valence-corrected chi connectivity index (χ0v) is 17.4. The highest BCUT2D eigenvalue weighted by atomic mass is 32.2. The van der Waals surface area contributed by atoms with E-state index < -0.39 is 10.0 Å². The molecule has 1 N–H and O–H groups in total. The molecule has 1 saturated heterocycles. The first kappa shape index (κ1) is 20.0. The van der Waals surface area contributed by atoms with E-state index in [1.807, 2.05) is 20.9 Å². The largest absolute Gasteiger partial charge is 0.325 e. The van der Waals surface area contributed by atoms with Crippen molar-refractivity contribution in [3.05, 3.63) is 18.2 Å². The molecule has 1 fully saturated rings. The number of piperazine rings is 1. The molecule has 1 aliphatic rings. The zero-order valence-electron chi connectivity index (χ0n) is 15.8. The Morgan fingerprint density at radius 1 is 1.22 bits per heavy atom. The van der Waals surface area contributed by atoms with Gasteiger partial charge in [0.1, 0.15) is 0 Å². The molecular formula is C17H25N5O3S2. The minimum atomic E-state index is -3.52. The Morgan fingerprint density at radius 2 is 1.89 bits per heavy atom. The van der Waals surface area contributed by atoms with E-state index in [-0.39, 0.29) is 10.9 Å². The first-order valence-electron chi connectivity index (χ1n) is 9.00. The van der Waals surface area contributed by atoms with Gasteiger partial charge in [-0.3, -0.25) is 5.32 Å². The standard InChI is InChI=1S/C17H25N5O3S2/c1-4-21(5-2)17(23)19-16-18-14-7-6-13(12-15(14)26-16)27(24,25)22-10-8-20(3)9-11-22/h6-7,12H,4-5,8-11H2,1-3H3,(H,18,19,23). The van der Waals surface area contributed by atoms with E-state index in [0.29, 0.717) is 36.8 Å². The van der Waals surface area contributed by atoms with Crippen LogP contribution in [0.25, 0.3) is 10.2 Å². The topological polar surface area (TPSA) is 85.8 Å². The third kappa shape index (κ3) is 4.23. The first-order valence-corrected chi connectivity index (χ1v) is 11.3. The summed E-state index contributed by atoms with van der Waals surface area (Å²) in [5.74, 6) is 0. The van der Waals surface area contributed by atoms with Crippen molar-refractivity contribution in [1.29, 1.82) is 0 Å². The van der Waals surface area contributed by atoms with E-state index >= 15 is 0 Å². The monoisotopic (exact) mass is 411 g/mol. The van der Waals surface area contributed by atoms with Crippen LogP contribution >= 0.6 is 11.3 Å². The SMILES string of the molecule is CCN(CC)C(=O)Nc1nc2ccc(S(=O)(=O)N3CCN(C)CC3)cc2s1. The van der Waals surface area contributed by atoms with Crippen molar-refractivity contribution in [3.8, 4) is 0 Å². The van der Waals surface area contributed by atoms with Crippen LogP contribution in [0.4, 0.5) is 9.93 Å². The Kier molecular flexibility index (Phi) is 5.99. The van der Waals surface area contributed by atoms with Crippen molar-refractivity contribution >= 4 is 42.7 Å². The Balaban J connectivity index is 1.82. The number of urea groups is 1. The highest BCUT2D eigenvalue weighted by Crippen LogP contribution is 2.29. The number of rotatable bonds is 5. The third-order valence-electron chi connectivity index (χ3n) is 4.72. The summed E-state index contributed by atoms with van der Waals surface area (Å²) < 4.78 is 28.1. The number of thiazole rings is 1. The summed E-state index contributed by atoms with van der Waals surface area (Å²) in [6, 6.07) is 4.73. The second kappa shape index (κ2) is 8.09. The molecule has 2 aromatic rings. The minimum absolute atomic E-state index is 0.204. The number of amides is 2. The summed E-state index contributed by atoms with van der Waals surface area (Å²) in [7, 11) is -1.53. The van der Waals surface area contributed by atoms with E-state index in [9.17, 15) is 13.2 Å². The smallest absolute Gasteiger partial charge is 0.323 e. The van der Waals surface area contributed by atoms with Crippen LogP contribution in [0.3, 0.4) is 0 Å². The summed E-state index contributed by atoms with van der Waals surface area (Å²) in [6.45, 7) is 7.48. The Hall–Kier alpha value is -1.75. The van der Waals surface area contributed by atoms with Crippen LogP contribution in [0.2, 0.25) is 0 Å². The molecule has 0 bridgehead atoms. The molecule has 0 saturated carbocycles. The predicted molar refractivity (Wildman–Crippen MR) is 108 cm³/mol. The van der Waals surface area contributed by atoms with Crippen molar-refractivity contribution in [2.24, 2.45) is 0 Å². The van der Waals surface area contributed by atoms with E-state index in [1.165, 1.54) is 15.6 Å². The van der Waals surface area contributed by atoms with Gasteiger partial charge in [0, 0.05) is 39.3 Å². The van der Waals surface area contributed by atoms with E-state index in [2.05, 4.69) is 15.2 Å². The predicted octanol–water partition coefficient (Wildman–Crippen LogP) is 2.11. The Bertz CT molecular complexity index is 916. The van der Waals surface area contributed by atoms with Gasteiger partial charge in [0.15, 0.2) is 5.13 Å². The number of aromatic nitrogens is 1. The summed E-state index contributed by atoms with van der Waals surface area (Å²) in [5, 5.41) is 3.26. The fourth-order valence-corrected chi connectivity index (χ4v) is 5.40. The van der Waals surface area contributed by atoms with Crippen molar-refractivity contribution in [3.63, 3.8) is 0 Å². The first-order chi connectivity index (χ1) is 12.8. The van der Waals surface area contributed by atoms with E-state index in [0.717, 1.165) is 17.8 Å². The molecule has 27 heavy (non-hydrogen) atoms. The highest BCUT2D eigenvalue weighted by Gasteiger charge is 2.27. The lowest BCUT2D eigenvalue weighted by molar-refractivity contribution is 0.217. The highest BCUT2D eigenvalue weighted by molar-refractivity contribution is 7.89. The van der Waals surface area contributed by atoms with Crippen molar-refractivity contribution in [2.45, 2.75) is 18.7 Å². The van der Waals surface area contributed by atoms with Crippen LogP contribution in [-0.4, -0.2) is 79.9 Å². The third-order valence-corrected chi connectivity index (χ3v) is 7.55. The maximum absolute atomic E-state index is 12.9. The average molecular weight is 412 g/mol. The summed E-state index contributed by atoms with van der Waals surface area (Å²) >= 11 is 1.28. The van der Waals surface area contributed by atoms with E-state index in [1.54, 1.807) is 23.1 Å². The Morgan fingerprint density at radius 3 is 2.52 bits per heavy atom. The Labute approximate surface area is 163 Å². The summed E-state index contributed by atoms with van der Waals surface area (Å²) in [5.41, 5.74) is 0.673. The van der Waals surface area contributed by atoms with Gasteiger partial charge in [-0.1, -0.05) is 11.3 Å². The zero-order chi connectivity index (χ0) is 19.6. The van der Waals surface area contributed by atoms with Crippen LogP contribution in [0, 0.1) is 0 Å². The minimum Gasteiger partial charge on any atom is -0.325 e. The molecule has 1 aromatic carbocycles. The normalized spacial score (nSPS) is 16.6. The molecule has 0 unspecified atom stereocenters. The fourth-order valence-electron chi connectivity index (χ4n) is 2.98. The van der Waals surface area contributed by atoms with E-state index in [4.69, 9.17) is 0 Å². The number of anilines is 1. The maximum Gasteiger partial charge on any atom is 0.323 e. The summed E-state index contributed by atoms with van der Waals surface area (Å²) in [4.78, 5) is 20.6. The molecule has 148 valence electrons. The maximum atomic E-state index is 12.9. The van der Waals surface area contributed by atoms with Gasteiger partial charge < -0.3 is 9.80 Å². The van der Waals surface area contributed by atoms with Gasteiger partial charge in [-0.05, 0) is 39.1 Å². The van der Waals surface area contributed by atoms with Crippen LogP contribution < -0.4 is 5.32 Å². The second-order valence-electron chi connectivity index (χ2n) is 6.46. The van der Waals surface area contributed by atoms with Gasteiger partial charge in [-0.2, -0.15) is 4.31 Å². The fraction of sp³-hybridized carbons (Fsp3) is 0.529. The molecule has 0 aliphatic carbocycles. The number of likely N-dealkylation sites (N-methyl/N-ethyl adjacent to an activating group) is 1. The van der Waals surface area contributed by atoms with Crippen LogP contribution in [0.15, 0.2) is 23.1 Å². The molecule has 1 aliphatic heterocycles. The lowest BCUT2D eigenvalue weighted by Crippen LogP contribution is -2.46. The lowest BCUT2D eigenvalue weighted by Gasteiger charge is -2.31. The van der Waals surface area contributed by atoms with Crippen LogP contribution in [-0.2, 0) is 10.0 Å². The van der Waals surface area contributed by atoms with Crippen molar-refractivity contribution in [1.82, 2.24) is 19.1 Å². The number of nitrogens with one attached hydrogen (secondary N) is 1. The van der Waals surface area contributed by atoms with Crippen molar-refractivity contribution < 1.29 is 13.2 Å². The van der Waals surface area contributed by atoms with Gasteiger partial charge >= 0.3 is 6.03 Å². The number of carbonyl (C=O) groups excluding carboxylic acids is 1. The number of hydrogen-bond donors (Lipinski definition) is 1. The number of nitrogens with zero attached hydrogens (tertiary/aromatic N) is 4. The average Bonchev–Trinajstić information content (AvgIpc) is 3.04. The molecule has 2 amide bonds. The molecule has 0 radical (unpaired) electrons. The molecule has 1 aromatic heterocycles.